The van der Waals surface area contributed by atoms with Crippen molar-refractivity contribution in [3.05, 3.63) is 48.4 Å². The highest BCUT2D eigenvalue weighted by Gasteiger charge is 2.13. The van der Waals surface area contributed by atoms with Gasteiger partial charge in [-0.2, -0.15) is 0 Å². The monoisotopic (exact) mass is 289 g/mol. The zero-order chi connectivity index (χ0) is 15.1. The molecule has 1 heterocycles. The maximum Gasteiger partial charge on any atom is 0.260 e. The van der Waals surface area contributed by atoms with E-state index in [1.54, 1.807) is 48.8 Å². The minimum absolute atomic E-state index is 0.0119. The Morgan fingerprint density at radius 3 is 2.48 bits per heavy atom. The smallest absolute Gasteiger partial charge is 0.260 e. The van der Waals surface area contributed by atoms with Crippen molar-refractivity contribution >= 4 is 5.91 Å². The molecular weight excluding hydrogens is 270 g/mol. The molecule has 1 amide bonds. The van der Waals surface area contributed by atoms with E-state index >= 15 is 0 Å². The Bertz CT molecular complexity index is 548. The first-order chi connectivity index (χ1) is 10.2. The van der Waals surface area contributed by atoms with Crippen molar-refractivity contribution < 1.29 is 18.7 Å². The van der Waals surface area contributed by atoms with E-state index in [1.807, 2.05) is 13.0 Å². The van der Waals surface area contributed by atoms with Crippen LogP contribution in [0.15, 0.2) is 47.3 Å². The molecule has 0 N–H and O–H groups in total. The van der Waals surface area contributed by atoms with Gasteiger partial charge in [-0.25, -0.2) is 0 Å². The van der Waals surface area contributed by atoms with Crippen LogP contribution in [0.5, 0.6) is 11.5 Å². The van der Waals surface area contributed by atoms with Gasteiger partial charge in [0.25, 0.3) is 5.91 Å². The fourth-order valence-corrected chi connectivity index (χ4v) is 1.89. The normalized spacial score (nSPS) is 10.2. The van der Waals surface area contributed by atoms with Crippen molar-refractivity contribution in [2.75, 3.05) is 20.3 Å². The fraction of sp³-hybridized carbons (Fsp3) is 0.312. The van der Waals surface area contributed by atoms with E-state index in [2.05, 4.69) is 0 Å². The summed E-state index contributed by atoms with van der Waals surface area (Å²) in [6, 6.07) is 8.99. The van der Waals surface area contributed by atoms with Gasteiger partial charge in [0, 0.05) is 18.7 Å². The van der Waals surface area contributed by atoms with E-state index < -0.39 is 0 Å². The molecule has 1 aromatic carbocycles. The summed E-state index contributed by atoms with van der Waals surface area (Å²) in [6.07, 6.45) is 3.24. The number of ether oxygens (including phenoxy) is 2. The van der Waals surface area contributed by atoms with E-state index in [0.29, 0.717) is 18.8 Å². The molecule has 0 spiro atoms. The maximum absolute atomic E-state index is 12.1. The van der Waals surface area contributed by atoms with Gasteiger partial charge in [-0.05, 0) is 37.3 Å². The highest BCUT2D eigenvalue weighted by molar-refractivity contribution is 5.77. The molecule has 112 valence electrons. The highest BCUT2D eigenvalue weighted by Crippen LogP contribution is 2.17. The van der Waals surface area contributed by atoms with Gasteiger partial charge in [0.05, 0.1) is 19.6 Å². The van der Waals surface area contributed by atoms with E-state index in [1.165, 1.54) is 0 Å². The summed E-state index contributed by atoms with van der Waals surface area (Å²) in [5.41, 5.74) is 0.967. The zero-order valence-electron chi connectivity index (χ0n) is 12.2. The van der Waals surface area contributed by atoms with Gasteiger partial charge in [0.1, 0.15) is 11.5 Å². The average Bonchev–Trinajstić information content (AvgIpc) is 3.03. The molecule has 0 bridgehead atoms. The molecule has 0 radical (unpaired) electrons. The van der Waals surface area contributed by atoms with E-state index in [0.717, 1.165) is 11.3 Å². The number of carbonyl (C=O) groups is 1. The lowest BCUT2D eigenvalue weighted by Gasteiger charge is -2.20. The van der Waals surface area contributed by atoms with E-state index in [9.17, 15) is 4.79 Å². The molecule has 0 unspecified atom stereocenters. The molecule has 1 aromatic heterocycles. The number of likely N-dealkylation sites (N-methyl/N-ethyl adjacent to an activating group) is 1. The van der Waals surface area contributed by atoms with E-state index in [-0.39, 0.29) is 12.5 Å². The molecule has 0 saturated heterocycles. The SMILES string of the molecule is CCN(Cc1ccoc1)C(=O)COc1ccc(OC)cc1. The van der Waals surface area contributed by atoms with Crippen molar-refractivity contribution in [2.24, 2.45) is 0 Å². The highest BCUT2D eigenvalue weighted by atomic mass is 16.5. The molecule has 0 aliphatic heterocycles. The predicted molar refractivity (Wildman–Crippen MR) is 78.3 cm³/mol. The number of amides is 1. The number of nitrogens with zero attached hydrogens (tertiary/aromatic N) is 1. The summed E-state index contributed by atoms with van der Waals surface area (Å²) in [6.45, 7) is 3.09. The summed E-state index contributed by atoms with van der Waals surface area (Å²) in [7, 11) is 1.61. The fourth-order valence-electron chi connectivity index (χ4n) is 1.89. The van der Waals surface area contributed by atoms with Crippen molar-refractivity contribution in [3.8, 4) is 11.5 Å². The van der Waals surface area contributed by atoms with Crippen LogP contribution in [0.25, 0.3) is 0 Å². The third-order valence-electron chi connectivity index (χ3n) is 3.11. The quantitative estimate of drug-likeness (QED) is 0.786. The first-order valence-electron chi connectivity index (χ1n) is 6.78. The van der Waals surface area contributed by atoms with Crippen LogP contribution in [-0.4, -0.2) is 31.1 Å². The van der Waals surface area contributed by atoms with Crippen molar-refractivity contribution in [1.82, 2.24) is 4.90 Å². The Morgan fingerprint density at radius 1 is 1.19 bits per heavy atom. The second-order valence-electron chi connectivity index (χ2n) is 4.50. The minimum Gasteiger partial charge on any atom is -0.497 e. The molecule has 0 saturated carbocycles. The summed E-state index contributed by atoms with van der Waals surface area (Å²) < 4.78 is 15.6. The Balaban J connectivity index is 1.86. The lowest BCUT2D eigenvalue weighted by atomic mass is 10.3. The second-order valence-corrected chi connectivity index (χ2v) is 4.50. The number of benzene rings is 1. The van der Waals surface area contributed by atoms with Gasteiger partial charge in [0.2, 0.25) is 0 Å². The first-order valence-corrected chi connectivity index (χ1v) is 6.78. The minimum atomic E-state index is -0.0606. The maximum atomic E-state index is 12.1. The molecule has 2 aromatic rings. The third kappa shape index (κ3) is 4.27. The zero-order valence-corrected chi connectivity index (χ0v) is 12.2. The van der Waals surface area contributed by atoms with Gasteiger partial charge in [-0.15, -0.1) is 0 Å². The molecular formula is C16H19NO4. The number of methoxy groups -OCH3 is 1. The standard InChI is InChI=1S/C16H19NO4/c1-3-17(10-13-8-9-20-11-13)16(18)12-21-15-6-4-14(19-2)5-7-15/h4-9,11H,3,10,12H2,1-2H3. The molecule has 5 nitrogen and oxygen atoms in total. The van der Waals surface area contributed by atoms with Gasteiger partial charge in [0.15, 0.2) is 6.61 Å². The van der Waals surface area contributed by atoms with Crippen molar-refractivity contribution in [2.45, 2.75) is 13.5 Å². The van der Waals surface area contributed by atoms with Crippen LogP contribution in [0.3, 0.4) is 0 Å². The second kappa shape index (κ2) is 7.38. The Hall–Kier alpha value is -2.43. The summed E-state index contributed by atoms with van der Waals surface area (Å²) in [5.74, 6) is 1.34. The molecule has 0 fully saturated rings. The van der Waals surface area contributed by atoms with Gasteiger partial charge in [-0.1, -0.05) is 0 Å². The first kappa shape index (κ1) is 15.0. The summed E-state index contributed by atoms with van der Waals surface area (Å²) in [4.78, 5) is 13.9. The van der Waals surface area contributed by atoms with Crippen LogP contribution >= 0.6 is 0 Å². The third-order valence-corrected chi connectivity index (χ3v) is 3.11. The number of furan rings is 1. The Kier molecular flexibility index (Phi) is 5.26. The molecule has 0 aliphatic carbocycles. The number of hydrogen-bond acceptors (Lipinski definition) is 4. The number of carbonyl (C=O) groups excluding carboxylic acids is 1. The van der Waals surface area contributed by atoms with Crippen molar-refractivity contribution in [3.63, 3.8) is 0 Å². The summed E-state index contributed by atoms with van der Waals surface area (Å²) in [5, 5.41) is 0. The van der Waals surface area contributed by atoms with Gasteiger partial charge >= 0.3 is 0 Å². The van der Waals surface area contributed by atoms with Crippen molar-refractivity contribution in [1.29, 1.82) is 0 Å². The molecule has 0 atom stereocenters. The molecule has 2 rings (SSSR count). The van der Waals surface area contributed by atoms with E-state index in [4.69, 9.17) is 13.9 Å². The molecule has 0 aliphatic rings. The van der Waals surface area contributed by atoms with Crippen LogP contribution in [0.4, 0.5) is 0 Å². The average molecular weight is 289 g/mol. The number of rotatable bonds is 7. The Morgan fingerprint density at radius 2 is 1.90 bits per heavy atom. The topological polar surface area (TPSA) is 51.9 Å². The van der Waals surface area contributed by atoms with Crippen LogP contribution in [0, 0.1) is 0 Å². The largest absolute Gasteiger partial charge is 0.497 e. The lowest BCUT2D eigenvalue weighted by Crippen LogP contribution is -2.34. The molecule has 21 heavy (non-hydrogen) atoms. The van der Waals surface area contributed by atoms with Crippen LogP contribution in [-0.2, 0) is 11.3 Å². The van der Waals surface area contributed by atoms with Gasteiger partial charge < -0.3 is 18.8 Å². The number of hydrogen-bond donors (Lipinski definition) is 0. The summed E-state index contributed by atoms with van der Waals surface area (Å²) >= 11 is 0. The van der Waals surface area contributed by atoms with Crippen LogP contribution in [0.1, 0.15) is 12.5 Å². The predicted octanol–water partition coefficient (Wildman–Crippen LogP) is 2.72. The van der Waals surface area contributed by atoms with Crippen LogP contribution < -0.4 is 9.47 Å². The van der Waals surface area contributed by atoms with Gasteiger partial charge in [-0.3, -0.25) is 4.79 Å². The molecule has 5 heteroatoms. The lowest BCUT2D eigenvalue weighted by molar-refractivity contribution is -0.133. The van der Waals surface area contributed by atoms with Crippen LogP contribution in [0.2, 0.25) is 0 Å². The Labute approximate surface area is 124 Å².